The smallest absolute Gasteiger partial charge is 0.0599 e. The second kappa shape index (κ2) is 7.37. The van der Waals surface area contributed by atoms with Crippen molar-refractivity contribution in [2.75, 3.05) is 31.7 Å². The fourth-order valence-electron chi connectivity index (χ4n) is 0.955. The highest BCUT2D eigenvalue weighted by atomic mass is 32.2. The Morgan fingerprint density at radius 2 is 1.93 bits per heavy atom. The third-order valence-electron chi connectivity index (χ3n) is 1.60. The van der Waals surface area contributed by atoms with E-state index in [-0.39, 0.29) is 5.60 Å². The van der Waals surface area contributed by atoms with Crippen molar-refractivity contribution in [2.45, 2.75) is 32.8 Å². The molecule has 3 nitrogen and oxygen atoms in total. The van der Waals surface area contributed by atoms with E-state index in [0.717, 1.165) is 31.9 Å². The molecule has 0 aliphatic heterocycles. The number of hydrogen-bond acceptors (Lipinski definition) is 3. The van der Waals surface area contributed by atoms with Crippen LogP contribution in [0.5, 0.6) is 0 Å². The molecule has 0 saturated carbocycles. The zero-order valence-electron chi connectivity index (χ0n) is 9.76. The van der Waals surface area contributed by atoms with Crippen molar-refractivity contribution >= 4 is 10.8 Å². The van der Waals surface area contributed by atoms with Crippen molar-refractivity contribution in [3.63, 3.8) is 0 Å². The molecule has 4 heteroatoms. The first kappa shape index (κ1) is 14.1. The Hall–Kier alpha value is 0.0700. The summed E-state index contributed by atoms with van der Waals surface area (Å²) >= 11 is 0. The lowest BCUT2D eigenvalue weighted by molar-refractivity contribution is -0.000719. The predicted octanol–water partition coefficient (Wildman–Crippen LogP) is 1.16. The molecular weight excluding hydrogens is 198 g/mol. The topological polar surface area (TPSA) is 38.3 Å². The first-order valence-corrected chi connectivity index (χ1v) is 6.79. The molecule has 0 saturated heterocycles. The van der Waals surface area contributed by atoms with Crippen molar-refractivity contribution in [3.8, 4) is 0 Å². The second-order valence-corrected chi connectivity index (χ2v) is 5.90. The maximum Gasteiger partial charge on any atom is 0.0599 e. The molecule has 1 N–H and O–H groups in total. The molecule has 0 amide bonds. The first-order valence-electron chi connectivity index (χ1n) is 5.06. The van der Waals surface area contributed by atoms with Gasteiger partial charge in [-0.1, -0.05) is 0 Å². The summed E-state index contributed by atoms with van der Waals surface area (Å²) < 4.78 is 16.3. The van der Waals surface area contributed by atoms with Crippen LogP contribution in [-0.4, -0.2) is 41.5 Å². The number of rotatable bonds is 7. The average molecular weight is 221 g/mol. The van der Waals surface area contributed by atoms with Crippen molar-refractivity contribution in [1.29, 1.82) is 0 Å². The summed E-state index contributed by atoms with van der Waals surface area (Å²) in [6.07, 6.45) is 2.71. The molecule has 14 heavy (non-hydrogen) atoms. The molecule has 0 heterocycles. The third kappa shape index (κ3) is 12.1. The van der Waals surface area contributed by atoms with Gasteiger partial charge in [-0.3, -0.25) is 4.21 Å². The minimum Gasteiger partial charge on any atom is -0.375 e. The molecule has 0 bridgehead atoms. The molecule has 1 unspecified atom stereocenters. The van der Waals surface area contributed by atoms with Crippen LogP contribution in [0.1, 0.15) is 27.2 Å². The number of nitrogens with one attached hydrogen (secondary N) is 1. The number of hydrogen-bond donors (Lipinski definition) is 1. The molecule has 0 aromatic heterocycles. The largest absolute Gasteiger partial charge is 0.375 e. The molecule has 0 fully saturated rings. The van der Waals surface area contributed by atoms with Gasteiger partial charge in [0.1, 0.15) is 0 Å². The molecule has 0 rings (SSSR count). The van der Waals surface area contributed by atoms with Gasteiger partial charge in [-0.05, 0) is 33.7 Å². The van der Waals surface area contributed by atoms with E-state index < -0.39 is 10.8 Å². The van der Waals surface area contributed by atoms with E-state index >= 15 is 0 Å². The maximum absolute atomic E-state index is 10.7. The van der Waals surface area contributed by atoms with Crippen LogP contribution in [0.25, 0.3) is 0 Å². The van der Waals surface area contributed by atoms with Crippen molar-refractivity contribution in [3.05, 3.63) is 0 Å². The Labute approximate surface area is 90.1 Å². The Morgan fingerprint density at radius 3 is 2.43 bits per heavy atom. The summed E-state index contributed by atoms with van der Waals surface area (Å²) in [6, 6.07) is 0. The van der Waals surface area contributed by atoms with E-state index in [1.807, 2.05) is 20.8 Å². The fourth-order valence-corrected chi connectivity index (χ4v) is 1.51. The van der Waals surface area contributed by atoms with E-state index in [9.17, 15) is 4.21 Å². The lowest BCUT2D eigenvalue weighted by Crippen LogP contribution is -2.27. The summed E-state index contributed by atoms with van der Waals surface area (Å²) in [6.45, 7) is 8.67. The lowest BCUT2D eigenvalue weighted by atomic mass is 10.2. The maximum atomic E-state index is 10.7. The summed E-state index contributed by atoms with van der Waals surface area (Å²) in [5.41, 5.74) is -0.0490. The highest BCUT2D eigenvalue weighted by Gasteiger charge is 2.08. The Kier molecular flexibility index (Phi) is 7.41. The van der Waals surface area contributed by atoms with Gasteiger partial charge in [-0.15, -0.1) is 0 Å². The molecule has 0 radical (unpaired) electrons. The standard InChI is InChI=1S/C10H23NO2S/c1-10(2,3)13-8-7-11-6-5-9-14(4)12/h11H,5-9H2,1-4H3. The van der Waals surface area contributed by atoms with Crippen molar-refractivity contribution in [2.24, 2.45) is 0 Å². The highest BCUT2D eigenvalue weighted by molar-refractivity contribution is 7.84. The minimum atomic E-state index is -0.658. The lowest BCUT2D eigenvalue weighted by Gasteiger charge is -2.19. The van der Waals surface area contributed by atoms with Gasteiger partial charge in [-0.25, -0.2) is 0 Å². The minimum absolute atomic E-state index is 0.0490. The molecular formula is C10H23NO2S. The fraction of sp³-hybridized carbons (Fsp3) is 1.00. The van der Waals surface area contributed by atoms with Crippen LogP contribution in [0.2, 0.25) is 0 Å². The highest BCUT2D eigenvalue weighted by Crippen LogP contribution is 2.04. The van der Waals surface area contributed by atoms with Crippen LogP contribution in [-0.2, 0) is 15.5 Å². The number of ether oxygens (including phenoxy) is 1. The van der Waals surface area contributed by atoms with Crippen LogP contribution in [0.3, 0.4) is 0 Å². The van der Waals surface area contributed by atoms with Gasteiger partial charge in [0.25, 0.3) is 0 Å². The third-order valence-corrected chi connectivity index (χ3v) is 2.46. The summed E-state index contributed by atoms with van der Waals surface area (Å²) in [5, 5.41) is 3.25. The molecule has 0 aliphatic rings. The van der Waals surface area contributed by atoms with Gasteiger partial charge in [0.2, 0.25) is 0 Å². The van der Waals surface area contributed by atoms with Crippen LogP contribution < -0.4 is 5.32 Å². The van der Waals surface area contributed by atoms with E-state index in [1.54, 1.807) is 6.26 Å². The normalized spacial score (nSPS) is 14.3. The van der Waals surface area contributed by atoms with Crippen LogP contribution in [0, 0.1) is 0 Å². The average Bonchev–Trinajstić information content (AvgIpc) is 2.00. The van der Waals surface area contributed by atoms with E-state index in [1.165, 1.54) is 0 Å². The van der Waals surface area contributed by atoms with Crippen LogP contribution >= 0.6 is 0 Å². The Balaban J connectivity index is 3.11. The second-order valence-electron chi connectivity index (χ2n) is 4.34. The molecule has 0 aromatic carbocycles. The molecule has 0 aromatic rings. The zero-order chi connectivity index (χ0) is 11.0. The first-order chi connectivity index (χ1) is 6.42. The predicted molar refractivity (Wildman–Crippen MR) is 62.1 cm³/mol. The van der Waals surface area contributed by atoms with Gasteiger partial charge in [0.05, 0.1) is 12.2 Å². The van der Waals surface area contributed by atoms with E-state index in [0.29, 0.717) is 0 Å². The summed E-state index contributed by atoms with van der Waals surface area (Å²) in [5.74, 6) is 0.785. The van der Waals surface area contributed by atoms with Gasteiger partial charge < -0.3 is 10.1 Å². The van der Waals surface area contributed by atoms with Gasteiger partial charge >= 0.3 is 0 Å². The van der Waals surface area contributed by atoms with E-state index in [4.69, 9.17) is 4.74 Å². The van der Waals surface area contributed by atoms with Crippen LogP contribution in [0.15, 0.2) is 0 Å². The monoisotopic (exact) mass is 221 g/mol. The van der Waals surface area contributed by atoms with Gasteiger partial charge in [-0.2, -0.15) is 0 Å². The van der Waals surface area contributed by atoms with Crippen LogP contribution in [0.4, 0.5) is 0 Å². The molecule has 1 atom stereocenters. The van der Waals surface area contributed by atoms with Gasteiger partial charge in [0.15, 0.2) is 0 Å². The quantitative estimate of drug-likeness (QED) is 0.656. The summed E-state index contributed by atoms with van der Waals surface area (Å²) in [7, 11) is -0.658. The Morgan fingerprint density at radius 1 is 1.29 bits per heavy atom. The molecule has 86 valence electrons. The SMILES string of the molecule is CS(=O)CCCNCCOC(C)(C)C. The van der Waals surface area contributed by atoms with Crippen molar-refractivity contribution in [1.82, 2.24) is 5.32 Å². The Bertz CT molecular complexity index is 166. The van der Waals surface area contributed by atoms with Crippen molar-refractivity contribution < 1.29 is 8.95 Å². The summed E-state index contributed by atoms with van der Waals surface area (Å²) in [4.78, 5) is 0. The van der Waals surface area contributed by atoms with Gasteiger partial charge in [0, 0.05) is 29.4 Å². The molecule has 0 aliphatic carbocycles. The van der Waals surface area contributed by atoms with E-state index in [2.05, 4.69) is 5.32 Å². The zero-order valence-corrected chi connectivity index (χ0v) is 10.6. The molecule has 0 spiro atoms.